The van der Waals surface area contributed by atoms with Gasteiger partial charge in [-0.3, -0.25) is 18.8 Å². The van der Waals surface area contributed by atoms with Gasteiger partial charge in [-0.25, -0.2) is 9.97 Å². The molecule has 3 aromatic heterocycles. The van der Waals surface area contributed by atoms with Gasteiger partial charge in [-0.1, -0.05) is 0 Å². The van der Waals surface area contributed by atoms with Crippen molar-refractivity contribution in [2.75, 3.05) is 13.1 Å². The van der Waals surface area contributed by atoms with Crippen molar-refractivity contribution in [3.8, 4) is 0 Å². The van der Waals surface area contributed by atoms with Crippen LogP contribution in [0.5, 0.6) is 0 Å². The Hall–Kier alpha value is -3.03. The molecule has 0 bridgehead atoms. The van der Waals surface area contributed by atoms with Crippen molar-refractivity contribution in [3.05, 3.63) is 53.0 Å². The van der Waals surface area contributed by atoms with E-state index in [9.17, 15) is 9.59 Å². The van der Waals surface area contributed by atoms with Crippen LogP contribution in [0.25, 0.3) is 11.0 Å². The number of aryl methyl sites for hydroxylation is 1. The van der Waals surface area contributed by atoms with E-state index in [0.29, 0.717) is 29.8 Å². The maximum absolute atomic E-state index is 12.7. The average Bonchev–Trinajstić information content (AvgIpc) is 3.08. The number of likely N-dealkylation sites (tertiary alicyclic amines) is 1. The molecule has 25 heavy (non-hydrogen) atoms. The van der Waals surface area contributed by atoms with Crippen molar-refractivity contribution in [1.82, 2.24) is 29.2 Å². The molecule has 0 atom stereocenters. The van der Waals surface area contributed by atoms with Crippen molar-refractivity contribution < 1.29 is 4.79 Å². The number of aromatic nitrogens is 5. The molecule has 1 aliphatic rings. The molecule has 0 N–H and O–H groups in total. The summed E-state index contributed by atoms with van der Waals surface area (Å²) in [6, 6.07) is 5.25. The lowest BCUT2D eigenvalue weighted by molar-refractivity contribution is 0.0682. The van der Waals surface area contributed by atoms with Crippen molar-refractivity contribution in [1.29, 1.82) is 0 Å². The second-order valence-corrected chi connectivity index (χ2v) is 6.19. The summed E-state index contributed by atoms with van der Waals surface area (Å²) in [6.45, 7) is 1.21. The number of fused-ring (bicyclic) bond motifs is 1. The van der Waals surface area contributed by atoms with Gasteiger partial charge in [-0.05, 0) is 31.0 Å². The Kier molecular flexibility index (Phi) is 3.79. The highest BCUT2D eigenvalue weighted by atomic mass is 16.2. The molecule has 1 amide bonds. The first kappa shape index (κ1) is 15.5. The Morgan fingerprint density at radius 3 is 2.68 bits per heavy atom. The minimum atomic E-state index is -0.0745. The van der Waals surface area contributed by atoms with E-state index in [4.69, 9.17) is 0 Å². The van der Waals surface area contributed by atoms with Crippen LogP contribution in [0.3, 0.4) is 0 Å². The van der Waals surface area contributed by atoms with E-state index >= 15 is 0 Å². The molecule has 128 valence electrons. The molecule has 8 heteroatoms. The largest absolute Gasteiger partial charge is 0.337 e. The van der Waals surface area contributed by atoms with Crippen molar-refractivity contribution >= 4 is 16.9 Å². The first-order valence-electron chi connectivity index (χ1n) is 8.24. The summed E-state index contributed by atoms with van der Waals surface area (Å²) in [4.78, 5) is 35.4. The van der Waals surface area contributed by atoms with Crippen LogP contribution >= 0.6 is 0 Å². The van der Waals surface area contributed by atoms with E-state index < -0.39 is 0 Å². The summed E-state index contributed by atoms with van der Waals surface area (Å²) in [5.41, 5.74) is 0.969. The highest BCUT2D eigenvalue weighted by Crippen LogP contribution is 2.22. The third-order valence-corrected chi connectivity index (χ3v) is 4.74. The fraction of sp³-hybridized carbons (Fsp3) is 0.353. The molecule has 4 rings (SSSR count). The van der Waals surface area contributed by atoms with Crippen LogP contribution in [0.4, 0.5) is 0 Å². The zero-order chi connectivity index (χ0) is 17.4. The molecule has 0 aromatic carbocycles. The Morgan fingerprint density at radius 2 is 1.96 bits per heavy atom. The molecular weight excluding hydrogens is 320 g/mol. The number of carbonyl (C=O) groups excluding carboxylic acids is 1. The maximum Gasteiger partial charge on any atom is 0.272 e. The summed E-state index contributed by atoms with van der Waals surface area (Å²) < 4.78 is 3.26. The number of carbonyl (C=O) groups is 1. The maximum atomic E-state index is 12.7. The molecule has 1 saturated heterocycles. The first-order chi connectivity index (χ1) is 12.1. The average molecular weight is 338 g/mol. The van der Waals surface area contributed by atoms with Crippen LogP contribution in [0, 0.1) is 0 Å². The second kappa shape index (κ2) is 6.12. The van der Waals surface area contributed by atoms with Gasteiger partial charge in [0, 0.05) is 38.6 Å². The summed E-state index contributed by atoms with van der Waals surface area (Å²) >= 11 is 0. The predicted octanol–water partition coefficient (Wildman–Crippen LogP) is 1.00. The predicted molar refractivity (Wildman–Crippen MR) is 91.2 cm³/mol. The minimum Gasteiger partial charge on any atom is -0.337 e. The summed E-state index contributed by atoms with van der Waals surface area (Å²) in [6.07, 6.45) is 6.25. The third-order valence-electron chi connectivity index (χ3n) is 4.74. The SMILES string of the molecule is Cn1nccc1C(=O)N1CCC(n2cnc3ncccc3c2=O)CC1. The molecule has 0 unspecified atom stereocenters. The van der Waals surface area contributed by atoms with Crippen LogP contribution in [-0.2, 0) is 7.05 Å². The summed E-state index contributed by atoms with van der Waals surface area (Å²) in [5, 5.41) is 4.57. The molecule has 0 spiro atoms. The smallest absolute Gasteiger partial charge is 0.272 e. The Bertz CT molecular complexity index is 984. The lowest BCUT2D eigenvalue weighted by Gasteiger charge is -2.32. The molecule has 1 fully saturated rings. The monoisotopic (exact) mass is 338 g/mol. The molecule has 4 heterocycles. The summed E-state index contributed by atoms with van der Waals surface area (Å²) in [5.74, 6) is -0.0216. The quantitative estimate of drug-likeness (QED) is 0.696. The van der Waals surface area contributed by atoms with Gasteiger partial charge in [0.15, 0.2) is 5.65 Å². The number of rotatable bonds is 2. The van der Waals surface area contributed by atoms with Gasteiger partial charge in [0.05, 0.1) is 5.39 Å². The van der Waals surface area contributed by atoms with Crippen LogP contribution in [0.2, 0.25) is 0 Å². The highest BCUT2D eigenvalue weighted by Gasteiger charge is 2.26. The normalized spacial score (nSPS) is 15.6. The Labute approximate surface area is 143 Å². The molecule has 1 aliphatic heterocycles. The van der Waals surface area contributed by atoms with Gasteiger partial charge in [0.2, 0.25) is 0 Å². The van der Waals surface area contributed by atoms with E-state index in [-0.39, 0.29) is 17.5 Å². The Balaban J connectivity index is 1.53. The standard InChI is InChI=1S/C17H18N6O2/c1-21-14(4-8-20-21)17(25)22-9-5-12(6-10-22)23-11-19-15-13(16(23)24)3-2-7-18-15/h2-4,7-8,11-12H,5-6,9-10H2,1H3. The lowest BCUT2D eigenvalue weighted by Crippen LogP contribution is -2.41. The van der Waals surface area contributed by atoms with E-state index in [0.717, 1.165) is 12.8 Å². The van der Waals surface area contributed by atoms with Crippen molar-refractivity contribution in [2.45, 2.75) is 18.9 Å². The number of hydrogen-bond acceptors (Lipinski definition) is 5. The fourth-order valence-corrected chi connectivity index (χ4v) is 3.33. The van der Waals surface area contributed by atoms with Crippen molar-refractivity contribution in [2.24, 2.45) is 7.05 Å². The highest BCUT2D eigenvalue weighted by molar-refractivity contribution is 5.92. The van der Waals surface area contributed by atoms with Crippen LogP contribution in [0.15, 0.2) is 41.7 Å². The fourth-order valence-electron chi connectivity index (χ4n) is 3.33. The molecule has 8 nitrogen and oxygen atoms in total. The minimum absolute atomic E-state index is 0.0216. The Morgan fingerprint density at radius 1 is 1.16 bits per heavy atom. The molecule has 0 radical (unpaired) electrons. The van der Waals surface area contributed by atoms with E-state index in [2.05, 4.69) is 15.1 Å². The van der Waals surface area contributed by atoms with Gasteiger partial charge in [-0.2, -0.15) is 5.10 Å². The molecular formula is C17H18N6O2. The van der Waals surface area contributed by atoms with Crippen molar-refractivity contribution in [3.63, 3.8) is 0 Å². The van der Waals surface area contributed by atoms with E-state index in [1.807, 2.05) is 4.90 Å². The zero-order valence-corrected chi connectivity index (χ0v) is 13.9. The summed E-state index contributed by atoms with van der Waals surface area (Å²) in [7, 11) is 1.76. The molecule has 3 aromatic rings. The van der Waals surface area contributed by atoms with Gasteiger partial charge in [-0.15, -0.1) is 0 Å². The second-order valence-electron chi connectivity index (χ2n) is 6.19. The van der Waals surface area contributed by atoms with Gasteiger partial charge < -0.3 is 4.90 Å². The number of pyridine rings is 1. The topological polar surface area (TPSA) is 85.9 Å². The number of piperidine rings is 1. The number of hydrogen-bond donors (Lipinski definition) is 0. The molecule has 0 aliphatic carbocycles. The van der Waals surface area contributed by atoms with Gasteiger partial charge >= 0.3 is 0 Å². The first-order valence-corrected chi connectivity index (χ1v) is 8.24. The van der Waals surface area contributed by atoms with Crippen LogP contribution in [-0.4, -0.2) is 48.2 Å². The van der Waals surface area contributed by atoms with E-state index in [1.54, 1.807) is 53.2 Å². The molecule has 0 saturated carbocycles. The van der Waals surface area contributed by atoms with Crippen LogP contribution in [0.1, 0.15) is 29.4 Å². The van der Waals surface area contributed by atoms with Crippen LogP contribution < -0.4 is 5.56 Å². The number of nitrogens with zero attached hydrogens (tertiary/aromatic N) is 6. The number of amides is 1. The van der Waals surface area contributed by atoms with Gasteiger partial charge in [0.1, 0.15) is 12.0 Å². The lowest BCUT2D eigenvalue weighted by atomic mass is 10.0. The zero-order valence-electron chi connectivity index (χ0n) is 13.9. The van der Waals surface area contributed by atoms with E-state index in [1.165, 1.54) is 0 Å². The van der Waals surface area contributed by atoms with Gasteiger partial charge in [0.25, 0.3) is 11.5 Å². The third kappa shape index (κ3) is 2.69.